The molecule has 3 rings (SSSR count). The normalized spacial score (nSPS) is 10.1. The van der Waals surface area contributed by atoms with E-state index in [9.17, 15) is 14.4 Å². The molecule has 152 valence electrons. The summed E-state index contributed by atoms with van der Waals surface area (Å²) in [6, 6.07) is 21.1. The first-order chi connectivity index (χ1) is 14.6. The van der Waals surface area contributed by atoms with Crippen molar-refractivity contribution in [3.8, 4) is 0 Å². The minimum absolute atomic E-state index is 0.0701. The number of rotatable bonds is 8. The Balaban J connectivity index is 1.53. The maximum atomic E-state index is 12.4. The van der Waals surface area contributed by atoms with Gasteiger partial charge in [0.2, 0.25) is 5.91 Å². The van der Waals surface area contributed by atoms with E-state index in [0.717, 1.165) is 11.8 Å². The van der Waals surface area contributed by atoms with Gasteiger partial charge in [-0.1, -0.05) is 48.2 Å². The van der Waals surface area contributed by atoms with Gasteiger partial charge in [0.05, 0.1) is 11.3 Å². The van der Waals surface area contributed by atoms with Gasteiger partial charge in [0.1, 0.15) is 5.03 Å². The van der Waals surface area contributed by atoms with E-state index < -0.39 is 18.5 Å². The zero-order valence-electron chi connectivity index (χ0n) is 15.9. The van der Waals surface area contributed by atoms with Crippen molar-refractivity contribution in [3.05, 3.63) is 84.6 Å². The summed E-state index contributed by atoms with van der Waals surface area (Å²) in [5, 5.41) is 5.76. The molecule has 2 N–H and O–H groups in total. The average molecular weight is 421 g/mol. The average Bonchev–Trinajstić information content (AvgIpc) is 2.77. The van der Waals surface area contributed by atoms with E-state index >= 15 is 0 Å². The third-order valence-electron chi connectivity index (χ3n) is 3.78. The summed E-state index contributed by atoms with van der Waals surface area (Å²) in [5.74, 6) is -1.29. The van der Waals surface area contributed by atoms with E-state index in [1.807, 2.05) is 24.3 Å². The number of nitrogens with one attached hydrogen (secondary N) is 2. The Morgan fingerprint density at radius 3 is 2.03 bits per heavy atom. The molecule has 0 atom stereocenters. The van der Waals surface area contributed by atoms with Crippen LogP contribution in [-0.4, -0.2) is 35.1 Å². The van der Waals surface area contributed by atoms with E-state index in [0.29, 0.717) is 16.4 Å². The molecule has 3 aromatic rings. The lowest BCUT2D eigenvalue weighted by atomic mass is 10.3. The highest BCUT2D eigenvalue weighted by Crippen LogP contribution is 2.21. The minimum atomic E-state index is -0.683. The van der Waals surface area contributed by atoms with Gasteiger partial charge in [0.25, 0.3) is 5.91 Å². The van der Waals surface area contributed by atoms with Crippen molar-refractivity contribution in [3.63, 3.8) is 0 Å². The number of anilines is 2. The maximum absolute atomic E-state index is 12.4. The van der Waals surface area contributed by atoms with Crippen LogP contribution in [0.3, 0.4) is 0 Å². The van der Waals surface area contributed by atoms with Crippen molar-refractivity contribution >= 4 is 40.9 Å². The Kier molecular flexibility index (Phi) is 7.57. The molecule has 2 aromatic carbocycles. The molecule has 7 nitrogen and oxygen atoms in total. The highest BCUT2D eigenvalue weighted by molar-refractivity contribution is 8.00. The molecule has 0 radical (unpaired) electrons. The van der Waals surface area contributed by atoms with E-state index in [4.69, 9.17) is 4.74 Å². The molecule has 0 bridgehead atoms. The first kappa shape index (κ1) is 21.1. The van der Waals surface area contributed by atoms with Gasteiger partial charge in [-0.15, -0.1) is 0 Å². The summed E-state index contributed by atoms with van der Waals surface area (Å²) in [7, 11) is 0. The fourth-order valence-corrected chi connectivity index (χ4v) is 3.22. The molecule has 30 heavy (non-hydrogen) atoms. The van der Waals surface area contributed by atoms with Gasteiger partial charge in [-0.2, -0.15) is 0 Å². The van der Waals surface area contributed by atoms with Gasteiger partial charge in [-0.25, -0.2) is 9.78 Å². The first-order valence-electron chi connectivity index (χ1n) is 9.06. The molecule has 1 heterocycles. The van der Waals surface area contributed by atoms with Crippen molar-refractivity contribution < 1.29 is 19.1 Å². The number of ether oxygens (including phenoxy) is 1. The van der Waals surface area contributed by atoms with E-state index in [1.54, 1.807) is 48.5 Å². The predicted octanol–water partition coefficient (Wildman–Crippen LogP) is 3.61. The van der Waals surface area contributed by atoms with Crippen molar-refractivity contribution in [1.29, 1.82) is 0 Å². The summed E-state index contributed by atoms with van der Waals surface area (Å²) in [6.45, 7) is -0.429. The molecule has 0 unspecified atom stereocenters. The summed E-state index contributed by atoms with van der Waals surface area (Å²) < 4.78 is 5.10. The lowest BCUT2D eigenvalue weighted by Gasteiger charge is -2.09. The van der Waals surface area contributed by atoms with Crippen LogP contribution >= 0.6 is 11.8 Å². The topological polar surface area (TPSA) is 97.4 Å². The van der Waals surface area contributed by atoms with E-state index in [1.165, 1.54) is 6.20 Å². The van der Waals surface area contributed by atoms with Gasteiger partial charge in [0, 0.05) is 17.6 Å². The highest BCUT2D eigenvalue weighted by atomic mass is 32.2. The van der Waals surface area contributed by atoms with Gasteiger partial charge in [-0.3, -0.25) is 9.59 Å². The van der Waals surface area contributed by atoms with Gasteiger partial charge >= 0.3 is 5.97 Å². The summed E-state index contributed by atoms with van der Waals surface area (Å²) >= 11 is 1.12. The zero-order valence-corrected chi connectivity index (χ0v) is 16.7. The van der Waals surface area contributed by atoms with Gasteiger partial charge < -0.3 is 15.4 Å². The summed E-state index contributed by atoms with van der Waals surface area (Å²) in [5.41, 5.74) is 1.50. The SMILES string of the molecule is O=C(COC(=O)c1cccnc1SCC(=O)Nc1ccccc1)Nc1ccccc1. The second-order valence-electron chi connectivity index (χ2n) is 6.05. The van der Waals surface area contributed by atoms with Crippen LogP contribution in [0, 0.1) is 0 Å². The number of aromatic nitrogens is 1. The quantitative estimate of drug-likeness (QED) is 0.426. The van der Waals surface area contributed by atoms with Gasteiger partial charge in [-0.05, 0) is 36.4 Å². The smallest absolute Gasteiger partial charge is 0.341 e. The van der Waals surface area contributed by atoms with Crippen molar-refractivity contribution in [2.24, 2.45) is 0 Å². The number of amides is 2. The van der Waals surface area contributed by atoms with Crippen LogP contribution in [0.4, 0.5) is 11.4 Å². The number of para-hydroxylation sites is 2. The van der Waals surface area contributed by atoms with Crippen LogP contribution in [0.5, 0.6) is 0 Å². The number of esters is 1. The largest absolute Gasteiger partial charge is 0.452 e. The van der Waals surface area contributed by atoms with Crippen LogP contribution in [0.25, 0.3) is 0 Å². The van der Waals surface area contributed by atoms with Crippen molar-refractivity contribution in [2.45, 2.75) is 5.03 Å². The van der Waals surface area contributed by atoms with Crippen LogP contribution in [0.15, 0.2) is 84.0 Å². The third-order valence-corrected chi connectivity index (χ3v) is 4.79. The molecule has 0 aliphatic heterocycles. The number of pyridine rings is 1. The Bertz CT molecular complexity index is 1010. The van der Waals surface area contributed by atoms with Crippen LogP contribution < -0.4 is 10.6 Å². The Hall–Kier alpha value is -3.65. The lowest BCUT2D eigenvalue weighted by Crippen LogP contribution is -2.21. The molecule has 0 aliphatic carbocycles. The van der Waals surface area contributed by atoms with Crippen molar-refractivity contribution in [2.75, 3.05) is 23.0 Å². The molecule has 8 heteroatoms. The molecule has 0 spiro atoms. The molecule has 1 aromatic heterocycles. The Morgan fingerprint density at radius 1 is 0.800 bits per heavy atom. The maximum Gasteiger partial charge on any atom is 0.341 e. The zero-order chi connectivity index (χ0) is 21.2. The Labute approximate surface area is 177 Å². The third kappa shape index (κ3) is 6.46. The highest BCUT2D eigenvalue weighted by Gasteiger charge is 2.17. The second-order valence-corrected chi connectivity index (χ2v) is 7.01. The first-order valence-corrected chi connectivity index (χ1v) is 10.0. The molecule has 2 amide bonds. The Morgan fingerprint density at radius 2 is 1.40 bits per heavy atom. The predicted molar refractivity (Wildman–Crippen MR) is 115 cm³/mol. The van der Waals surface area contributed by atoms with Crippen molar-refractivity contribution in [1.82, 2.24) is 4.98 Å². The molecule has 0 aliphatic rings. The fraction of sp³-hybridized carbons (Fsp3) is 0.0909. The number of hydrogen-bond acceptors (Lipinski definition) is 6. The van der Waals surface area contributed by atoms with Crippen LogP contribution in [0.1, 0.15) is 10.4 Å². The molecule has 0 saturated carbocycles. The van der Waals surface area contributed by atoms with Crippen LogP contribution in [0.2, 0.25) is 0 Å². The lowest BCUT2D eigenvalue weighted by molar-refractivity contribution is -0.119. The van der Waals surface area contributed by atoms with Crippen LogP contribution in [-0.2, 0) is 14.3 Å². The van der Waals surface area contributed by atoms with E-state index in [-0.39, 0.29) is 17.2 Å². The molecule has 0 fully saturated rings. The monoisotopic (exact) mass is 421 g/mol. The molecular weight excluding hydrogens is 402 g/mol. The number of benzene rings is 2. The summed E-state index contributed by atoms with van der Waals surface area (Å²) in [6.07, 6.45) is 1.52. The second kappa shape index (κ2) is 10.8. The minimum Gasteiger partial charge on any atom is -0.452 e. The number of nitrogens with zero attached hydrogens (tertiary/aromatic N) is 1. The molecule has 0 saturated heterocycles. The number of carbonyl (C=O) groups excluding carboxylic acids is 3. The molecular formula is C22H19N3O4S. The summed E-state index contributed by atoms with van der Waals surface area (Å²) in [4.78, 5) is 40.6. The number of thioether (sulfide) groups is 1. The van der Waals surface area contributed by atoms with Gasteiger partial charge in [0.15, 0.2) is 6.61 Å². The van der Waals surface area contributed by atoms with E-state index in [2.05, 4.69) is 15.6 Å². The number of hydrogen-bond donors (Lipinski definition) is 2. The fourth-order valence-electron chi connectivity index (χ4n) is 2.44. The standard InChI is InChI=1S/C22H19N3O4S/c26-19(24-16-8-3-1-4-9-16)14-29-22(28)18-12-7-13-23-21(18)30-15-20(27)25-17-10-5-2-6-11-17/h1-13H,14-15H2,(H,24,26)(H,25,27). The number of carbonyl (C=O) groups is 3.